The molecule has 0 spiro atoms. The molecule has 162 valence electrons. The highest BCUT2D eigenvalue weighted by Crippen LogP contribution is 2.27. The van der Waals surface area contributed by atoms with Gasteiger partial charge in [-0.1, -0.05) is 29.3 Å². The summed E-state index contributed by atoms with van der Waals surface area (Å²) in [5, 5.41) is 1.01. The largest absolute Gasteiger partial charge is 0.284 e. The van der Waals surface area contributed by atoms with Crippen LogP contribution >= 0.6 is 23.2 Å². The number of aromatic nitrogens is 4. The van der Waals surface area contributed by atoms with Gasteiger partial charge >= 0.3 is 0 Å². The lowest BCUT2D eigenvalue weighted by Gasteiger charge is -2.15. The van der Waals surface area contributed by atoms with Gasteiger partial charge in [0, 0.05) is 23.5 Å². The molecule has 5 rings (SSSR count). The molecule has 3 heterocycles. The van der Waals surface area contributed by atoms with E-state index in [1.54, 1.807) is 48.7 Å². The number of hydrogen-bond donors (Lipinski definition) is 0. The zero-order chi connectivity index (χ0) is 23.1. The number of nitrogens with zero attached hydrogens (tertiary/aromatic N) is 4. The van der Waals surface area contributed by atoms with Crippen LogP contribution in [0.15, 0.2) is 88.7 Å². The lowest BCUT2D eigenvalue weighted by atomic mass is 10.1. The number of halogens is 3. The van der Waals surface area contributed by atoms with Crippen molar-refractivity contribution in [1.82, 2.24) is 19.1 Å². The van der Waals surface area contributed by atoms with Gasteiger partial charge in [0.15, 0.2) is 5.82 Å². The summed E-state index contributed by atoms with van der Waals surface area (Å²) in [6.07, 6.45) is 2.93. The Labute approximate surface area is 196 Å². The first-order chi connectivity index (χ1) is 15.9. The Balaban J connectivity index is 1.79. The Hall–Kier alpha value is -3.81. The fourth-order valence-electron chi connectivity index (χ4n) is 3.53. The van der Waals surface area contributed by atoms with Crippen molar-refractivity contribution < 1.29 is 4.39 Å². The van der Waals surface area contributed by atoms with Gasteiger partial charge < -0.3 is 0 Å². The lowest BCUT2D eigenvalue weighted by Crippen LogP contribution is -2.23. The van der Waals surface area contributed by atoms with Crippen LogP contribution in [0.5, 0.6) is 0 Å². The van der Waals surface area contributed by atoms with Gasteiger partial charge in [0.25, 0.3) is 11.1 Å². The molecule has 6 nitrogen and oxygen atoms in total. The van der Waals surface area contributed by atoms with Gasteiger partial charge in [-0.25, -0.2) is 18.9 Å². The maximum absolute atomic E-state index is 15.4. The first-order valence-electron chi connectivity index (χ1n) is 9.74. The molecular formula is C24H13Cl2FN4O2. The molecule has 0 radical (unpaired) electrons. The fourth-order valence-corrected chi connectivity index (χ4v) is 3.81. The van der Waals surface area contributed by atoms with Crippen LogP contribution in [0.3, 0.4) is 0 Å². The van der Waals surface area contributed by atoms with Crippen LogP contribution in [0, 0.1) is 5.82 Å². The smallest absolute Gasteiger partial charge is 0.267 e. The van der Waals surface area contributed by atoms with E-state index in [1.807, 2.05) is 0 Å². The fraction of sp³-hybridized carbons (Fsp3) is 0. The van der Waals surface area contributed by atoms with Gasteiger partial charge in [0.05, 0.1) is 27.2 Å². The highest BCUT2D eigenvalue weighted by Gasteiger charge is 2.19. The quantitative estimate of drug-likeness (QED) is 0.364. The SMILES string of the molecule is O=c1ccccn1-c1ccc(-c2nc3ccc(Cl)cc3c(=O)n2-c2ccc(Cl)cn2)c(F)c1. The molecule has 0 unspecified atom stereocenters. The Kier molecular flexibility index (Phi) is 5.28. The van der Waals surface area contributed by atoms with Crippen molar-refractivity contribution in [2.24, 2.45) is 0 Å². The van der Waals surface area contributed by atoms with E-state index in [0.29, 0.717) is 21.2 Å². The van der Waals surface area contributed by atoms with E-state index in [-0.39, 0.29) is 28.2 Å². The number of benzene rings is 2. The van der Waals surface area contributed by atoms with Crippen molar-refractivity contribution >= 4 is 34.1 Å². The van der Waals surface area contributed by atoms with E-state index < -0.39 is 11.4 Å². The highest BCUT2D eigenvalue weighted by molar-refractivity contribution is 6.31. The van der Waals surface area contributed by atoms with E-state index in [4.69, 9.17) is 23.2 Å². The Morgan fingerprint density at radius 3 is 2.42 bits per heavy atom. The van der Waals surface area contributed by atoms with Gasteiger partial charge in [-0.05, 0) is 54.6 Å². The minimum Gasteiger partial charge on any atom is -0.284 e. The predicted molar refractivity (Wildman–Crippen MR) is 126 cm³/mol. The molecule has 33 heavy (non-hydrogen) atoms. The molecule has 0 aliphatic heterocycles. The number of pyridine rings is 2. The van der Waals surface area contributed by atoms with Crippen LogP contribution in [0.2, 0.25) is 10.0 Å². The molecular weight excluding hydrogens is 466 g/mol. The molecule has 5 aromatic rings. The molecule has 0 atom stereocenters. The van der Waals surface area contributed by atoms with Crippen LogP contribution in [0.1, 0.15) is 0 Å². The summed E-state index contributed by atoms with van der Waals surface area (Å²) < 4.78 is 17.9. The standard InChI is InChI=1S/C24H13Cl2FN4O2/c25-14-4-8-20-18(11-14)24(33)31(21-9-5-15(26)13-28-21)23(29-20)17-7-6-16(12-19(17)27)30-10-2-1-3-22(30)32/h1-13H. The first-order valence-corrected chi connectivity index (χ1v) is 10.5. The highest BCUT2D eigenvalue weighted by atomic mass is 35.5. The minimum absolute atomic E-state index is 0.0501. The first kappa shape index (κ1) is 21.1. The minimum atomic E-state index is -0.661. The van der Waals surface area contributed by atoms with Crippen molar-refractivity contribution in [2.45, 2.75) is 0 Å². The zero-order valence-corrected chi connectivity index (χ0v) is 18.3. The summed E-state index contributed by atoms with van der Waals surface area (Å²) >= 11 is 12.0. The van der Waals surface area contributed by atoms with Gasteiger partial charge in [-0.15, -0.1) is 0 Å². The van der Waals surface area contributed by atoms with Crippen molar-refractivity contribution in [3.05, 3.63) is 116 Å². The number of rotatable bonds is 3. The molecule has 0 saturated carbocycles. The van der Waals surface area contributed by atoms with Crippen LogP contribution in [-0.4, -0.2) is 19.1 Å². The monoisotopic (exact) mass is 478 g/mol. The second kappa shape index (κ2) is 8.27. The summed E-state index contributed by atoms with van der Waals surface area (Å²) in [6.45, 7) is 0. The van der Waals surface area contributed by atoms with Crippen molar-refractivity contribution in [2.75, 3.05) is 0 Å². The maximum atomic E-state index is 15.4. The second-order valence-corrected chi connectivity index (χ2v) is 8.02. The van der Waals surface area contributed by atoms with E-state index in [2.05, 4.69) is 9.97 Å². The average Bonchev–Trinajstić information content (AvgIpc) is 2.80. The maximum Gasteiger partial charge on any atom is 0.267 e. The van der Waals surface area contributed by atoms with Gasteiger partial charge in [-0.3, -0.25) is 14.2 Å². The molecule has 0 saturated heterocycles. The molecule has 0 bridgehead atoms. The van der Waals surface area contributed by atoms with Gasteiger partial charge in [0.1, 0.15) is 11.6 Å². The number of fused-ring (bicyclic) bond motifs is 1. The van der Waals surface area contributed by atoms with E-state index in [0.717, 1.165) is 0 Å². The van der Waals surface area contributed by atoms with Crippen LogP contribution in [0.25, 0.3) is 33.8 Å². The summed E-state index contributed by atoms with van der Waals surface area (Å²) in [5.41, 5.74) is -0.00329. The van der Waals surface area contributed by atoms with Crippen molar-refractivity contribution in [3.8, 4) is 22.9 Å². The molecule has 2 aromatic carbocycles. The molecule has 0 aliphatic carbocycles. The molecule has 0 amide bonds. The van der Waals surface area contributed by atoms with E-state index >= 15 is 4.39 Å². The third kappa shape index (κ3) is 3.82. The topological polar surface area (TPSA) is 69.8 Å². The van der Waals surface area contributed by atoms with Crippen LogP contribution < -0.4 is 11.1 Å². The number of hydrogen-bond acceptors (Lipinski definition) is 4. The molecule has 0 N–H and O–H groups in total. The molecule has 0 fully saturated rings. The molecule has 9 heteroatoms. The van der Waals surface area contributed by atoms with Gasteiger partial charge in [-0.2, -0.15) is 0 Å². The van der Waals surface area contributed by atoms with E-state index in [1.165, 1.54) is 39.6 Å². The van der Waals surface area contributed by atoms with Gasteiger partial charge in [0.2, 0.25) is 0 Å². The third-order valence-electron chi connectivity index (χ3n) is 5.07. The molecule has 0 aliphatic rings. The Morgan fingerprint density at radius 2 is 1.70 bits per heavy atom. The Bertz CT molecular complexity index is 1650. The van der Waals surface area contributed by atoms with Crippen LogP contribution in [-0.2, 0) is 0 Å². The van der Waals surface area contributed by atoms with Crippen molar-refractivity contribution in [1.29, 1.82) is 0 Å². The average molecular weight is 479 g/mol. The zero-order valence-electron chi connectivity index (χ0n) is 16.7. The van der Waals surface area contributed by atoms with Crippen molar-refractivity contribution in [3.63, 3.8) is 0 Å². The summed E-state index contributed by atoms with van der Waals surface area (Å²) in [7, 11) is 0. The van der Waals surface area contributed by atoms with Crippen LogP contribution in [0.4, 0.5) is 4.39 Å². The third-order valence-corrected chi connectivity index (χ3v) is 5.52. The summed E-state index contributed by atoms with van der Waals surface area (Å²) in [5.74, 6) is -0.392. The summed E-state index contributed by atoms with van der Waals surface area (Å²) in [4.78, 5) is 34.3. The lowest BCUT2D eigenvalue weighted by molar-refractivity contribution is 0.627. The molecule has 3 aromatic heterocycles. The second-order valence-electron chi connectivity index (χ2n) is 7.15. The predicted octanol–water partition coefficient (Wildman–Crippen LogP) is 5.04. The summed E-state index contributed by atoms with van der Waals surface area (Å²) in [6, 6.07) is 16.7. The Morgan fingerprint density at radius 1 is 0.879 bits per heavy atom. The van der Waals surface area contributed by atoms with E-state index in [9.17, 15) is 9.59 Å². The normalized spacial score (nSPS) is 11.1.